The second-order valence-corrected chi connectivity index (χ2v) is 10.2. The molecule has 1 heterocycles. The summed E-state index contributed by atoms with van der Waals surface area (Å²) in [5, 5.41) is 31.4. The summed E-state index contributed by atoms with van der Waals surface area (Å²) in [7, 11) is 0. The first-order valence-electron chi connectivity index (χ1n) is 9.95. The quantitative estimate of drug-likeness (QED) is 0.675. The van der Waals surface area contributed by atoms with Crippen LogP contribution >= 0.6 is 0 Å². The lowest BCUT2D eigenvalue weighted by molar-refractivity contribution is -0.220. The van der Waals surface area contributed by atoms with Gasteiger partial charge >= 0.3 is 0 Å². The predicted molar refractivity (Wildman–Crippen MR) is 89.2 cm³/mol. The van der Waals surface area contributed by atoms with Crippen molar-refractivity contribution >= 4 is 0 Å². The van der Waals surface area contributed by atoms with Crippen LogP contribution in [0.4, 0.5) is 0 Å². The lowest BCUT2D eigenvalue weighted by Crippen LogP contribution is -2.63. The normalized spacial score (nSPS) is 64.1. The standard InChI is InChI=1S/C20H32O4/c1-17(10-21)6-3-7-18(2)13-5-4-12-9-19(13,15(23)8-14(17)18)16-20(12,11-22)24-16/h12-16,21-23H,3-11H2,1-2H3/t12-,13+,14-,15+,16-,17-,18+,19-,20+/m1/s1. The van der Waals surface area contributed by atoms with E-state index in [1.165, 1.54) is 12.8 Å². The molecule has 0 aromatic carbocycles. The van der Waals surface area contributed by atoms with E-state index in [0.717, 1.165) is 32.1 Å². The molecule has 136 valence electrons. The molecule has 4 aliphatic carbocycles. The molecule has 0 radical (unpaired) electrons. The zero-order valence-electron chi connectivity index (χ0n) is 15.0. The van der Waals surface area contributed by atoms with Gasteiger partial charge in [-0.25, -0.2) is 0 Å². The molecule has 1 spiro atoms. The van der Waals surface area contributed by atoms with Crippen molar-refractivity contribution in [3.63, 3.8) is 0 Å². The minimum absolute atomic E-state index is 0.0579. The molecule has 0 unspecified atom stereocenters. The van der Waals surface area contributed by atoms with Crippen LogP contribution in [-0.2, 0) is 4.74 Å². The summed E-state index contributed by atoms with van der Waals surface area (Å²) in [5.41, 5.74) is -0.376. The summed E-state index contributed by atoms with van der Waals surface area (Å²) >= 11 is 0. The third-order valence-corrected chi connectivity index (χ3v) is 9.54. The van der Waals surface area contributed by atoms with Crippen LogP contribution in [0.25, 0.3) is 0 Å². The zero-order valence-corrected chi connectivity index (χ0v) is 15.0. The van der Waals surface area contributed by atoms with Crippen LogP contribution in [0, 0.1) is 34.0 Å². The van der Waals surface area contributed by atoms with Crippen LogP contribution in [0.3, 0.4) is 0 Å². The molecule has 2 bridgehead atoms. The van der Waals surface area contributed by atoms with Gasteiger partial charge < -0.3 is 20.1 Å². The van der Waals surface area contributed by atoms with Gasteiger partial charge in [-0.2, -0.15) is 0 Å². The molecular formula is C20H32O4. The summed E-state index contributed by atoms with van der Waals surface area (Å²) in [4.78, 5) is 0. The maximum absolute atomic E-state index is 11.3. The summed E-state index contributed by atoms with van der Waals surface area (Å²) in [6.45, 7) is 5.00. The summed E-state index contributed by atoms with van der Waals surface area (Å²) in [6.07, 6.45) is 7.24. The third-order valence-electron chi connectivity index (χ3n) is 9.54. The highest BCUT2D eigenvalue weighted by Crippen LogP contribution is 2.77. The Morgan fingerprint density at radius 3 is 2.54 bits per heavy atom. The molecule has 5 fully saturated rings. The SMILES string of the molecule is C[C@]1(CO)CCC[C@]2(C)[C@@H]1C[C@H](O)[C@@]13C[C@@H](CC[C@@H]21)[C@]1(CO)O[C@@H]13. The molecule has 0 amide bonds. The molecule has 5 aliphatic rings. The van der Waals surface area contributed by atoms with E-state index in [-0.39, 0.29) is 47.3 Å². The molecule has 4 heteroatoms. The van der Waals surface area contributed by atoms with Gasteiger partial charge in [0.15, 0.2) is 0 Å². The minimum Gasteiger partial charge on any atom is -0.396 e. The van der Waals surface area contributed by atoms with Gasteiger partial charge in [-0.05, 0) is 67.1 Å². The molecule has 1 saturated heterocycles. The monoisotopic (exact) mass is 336 g/mol. The maximum atomic E-state index is 11.3. The number of fused-ring (bicyclic) bond motifs is 5. The number of hydrogen-bond acceptors (Lipinski definition) is 4. The van der Waals surface area contributed by atoms with Crippen molar-refractivity contribution in [2.24, 2.45) is 34.0 Å². The number of epoxide rings is 1. The van der Waals surface area contributed by atoms with E-state index in [4.69, 9.17) is 4.74 Å². The highest BCUT2D eigenvalue weighted by Gasteiger charge is 2.82. The van der Waals surface area contributed by atoms with Gasteiger partial charge in [0.2, 0.25) is 0 Å². The molecule has 9 atom stereocenters. The average molecular weight is 336 g/mol. The fourth-order valence-electron chi connectivity index (χ4n) is 8.43. The summed E-state index contributed by atoms with van der Waals surface area (Å²) in [5.74, 6) is 1.27. The van der Waals surface area contributed by atoms with Crippen molar-refractivity contribution in [3.8, 4) is 0 Å². The lowest BCUT2D eigenvalue weighted by atomic mass is 9.40. The zero-order chi connectivity index (χ0) is 17.0. The van der Waals surface area contributed by atoms with Gasteiger partial charge in [0.05, 0.1) is 18.8 Å². The van der Waals surface area contributed by atoms with Gasteiger partial charge in [-0.15, -0.1) is 0 Å². The Labute approximate surface area is 144 Å². The number of hydrogen-bond donors (Lipinski definition) is 3. The molecule has 0 aromatic rings. The van der Waals surface area contributed by atoms with Crippen molar-refractivity contribution in [1.29, 1.82) is 0 Å². The van der Waals surface area contributed by atoms with Crippen LogP contribution in [0.2, 0.25) is 0 Å². The van der Waals surface area contributed by atoms with Crippen molar-refractivity contribution in [1.82, 2.24) is 0 Å². The van der Waals surface area contributed by atoms with E-state index in [1.54, 1.807) is 0 Å². The second kappa shape index (κ2) is 4.57. The maximum Gasteiger partial charge on any atom is 0.121 e. The largest absolute Gasteiger partial charge is 0.396 e. The Hall–Kier alpha value is -0.160. The summed E-state index contributed by atoms with van der Waals surface area (Å²) in [6, 6.07) is 0. The fraction of sp³-hybridized carbons (Fsp3) is 1.00. The smallest absolute Gasteiger partial charge is 0.121 e. The average Bonchev–Trinajstić information content (AvgIpc) is 3.29. The number of aliphatic hydroxyl groups excluding tert-OH is 3. The minimum atomic E-state index is -0.353. The summed E-state index contributed by atoms with van der Waals surface area (Å²) < 4.78 is 6.13. The van der Waals surface area contributed by atoms with Crippen LogP contribution in [0.15, 0.2) is 0 Å². The Kier molecular flexibility index (Phi) is 3.05. The van der Waals surface area contributed by atoms with E-state index in [1.807, 2.05) is 0 Å². The van der Waals surface area contributed by atoms with Gasteiger partial charge in [0, 0.05) is 12.0 Å². The fourth-order valence-corrected chi connectivity index (χ4v) is 8.43. The first-order valence-corrected chi connectivity index (χ1v) is 9.95. The number of aliphatic hydroxyl groups is 3. The number of ether oxygens (including phenoxy) is 1. The van der Waals surface area contributed by atoms with Crippen LogP contribution in [-0.4, -0.2) is 46.3 Å². The van der Waals surface area contributed by atoms with E-state index in [0.29, 0.717) is 17.8 Å². The van der Waals surface area contributed by atoms with E-state index in [9.17, 15) is 15.3 Å². The van der Waals surface area contributed by atoms with Crippen molar-refractivity contribution in [3.05, 3.63) is 0 Å². The highest BCUT2D eigenvalue weighted by atomic mass is 16.6. The molecule has 5 rings (SSSR count). The van der Waals surface area contributed by atoms with Gasteiger partial charge in [0.25, 0.3) is 0 Å². The first kappa shape index (κ1) is 16.0. The number of rotatable bonds is 2. The first-order chi connectivity index (χ1) is 11.4. The Balaban J connectivity index is 1.59. The highest BCUT2D eigenvalue weighted by molar-refractivity contribution is 5.30. The molecule has 0 aromatic heterocycles. The molecule has 4 saturated carbocycles. The molecule has 1 aliphatic heterocycles. The lowest BCUT2D eigenvalue weighted by Gasteiger charge is -2.65. The third kappa shape index (κ3) is 1.53. The molecule has 24 heavy (non-hydrogen) atoms. The van der Waals surface area contributed by atoms with Crippen molar-refractivity contribution in [2.45, 2.75) is 76.6 Å². The second-order valence-electron chi connectivity index (χ2n) is 10.2. The van der Waals surface area contributed by atoms with Gasteiger partial charge in [0.1, 0.15) is 5.60 Å². The Morgan fingerprint density at radius 2 is 1.83 bits per heavy atom. The van der Waals surface area contributed by atoms with Crippen LogP contribution < -0.4 is 0 Å². The van der Waals surface area contributed by atoms with Gasteiger partial charge in [-0.3, -0.25) is 0 Å². The van der Waals surface area contributed by atoms with E-state index < -0.39 is 0 Å². The van der Waals surface area contributed by atoms with Crippen LogP contribution in [0.5, 0.6) is 0 Å². The van der Waals surface area contributed by atoms with Crippen molar-refractivity contribution < 1.29 is 20.1 Å². The predicted octanol–water partition coefficient (Wildman–Crippen LogP) is 2.10. The van der Waals surface area contributed by atoms with E-state index >= 15 is 0 Å². The topological polar surface area (TPSA) is 73.2 Å². The molecular weight excluding hydrogens is 304 g/mol. The Bertz CT molecular complexity index is 566. The molecule has 3 N–H and O–H groups in total. The van der Waals surface area contributed by atoms with Crippen molar-refractivity contribution in [2.75, 3.05) is 13.2 Å². The van der Waals surface area contributed by atoms with Gasteiger partial charge in [-0.1, -0.05) is 20.3 Å². The van der Waals surface area contributed by atoms with E-state index in [2.05, 4.69) is 13.8 Å². The van der Waals surface area contributed by atoms with Crippen LogP contribution in [0.1, 0.15) is 58.8 Å². The Morgan fingerprint density at radius 1 is 1.04 bits per heavy atom. The molecule has 4 nitrogen and oxygen atoms in total.